The van der Waals surface area contributed by atoms with Crippen molar-refractivity contribution in [3.63, 3.8) is 0 Å². The number of aryl methyl sites for hydroxylation is 1. The van der Waals surface area contributed by atoms with E-state index in [1.165, 1.54) is 7.05 Å². The number of para-hydroxylation sites is 1. The maximum Gasteiger partial charge on any atom is 0.334 e. The number of hydrogen-bond donors (Lipinski definition) is 1. The maximum absolute atomic E-state index is 12.4. The van der Waals surface area contributed by atoms with Crippen molar-refractivity contribution in [2.75, 3.05) is 25.5 Å². The molecule has 0 spiro atoms. The van der Waals surface area contributed by atoms with Crippen LogP contribution in [-0.2, 0) is 25.6 Å². The quantitative estimate of drug-likeness (QED) is 0.550. The van der Waals surface area contributed by atoms with Crippen LogP contribution in [0.25, 0.3) is 0 Å². The van der Waals surface area contributed by atoms with Crippen LogP contribution in [0.5, 0.6) is 0 Å². The molecule has 150 valence electrons. The number of imide groups is 2. The lowest BCUT2D eigenvalue weighted by atomic mass is 10.1. The number of hydrogen-bond acceptors (Lipinski definition) is 5. The highest BCUT2D eigenvalue weighted by Crippen LogP contribution is 2.16. The standard InChI is InChI=1S/C19H24N4O5/c1-5-13-8-6-7-9-14(13)20-15(24)10-21(4)16(25)11-22-17(26)18(27)23(12(2)3)19(22)28/h6-9,12H,5,10-11H2,1-4H3,(H,20,24). The SMILES string of the molecule is CCc1ccccc1NC(=O)CN(C)C(=O)CN1C(=O)C(=O)N(C(C)C)C1=O. The molecule has 1 aliphatic heterocycles. The first-order valence-electron chi connectivity index (χ1n) is 8.98. The van der Waals surface area contributed by atoms with Crippen LogP contribution in [0.3, 0.4) is 0 Å². The Hall–Kier alpha value is -3.23. The van der Waals surface area contributed by atoms with Crippen LogP contribution in [-0.4, -0.2) is 70.5 Å². The van der Waals surface area contributed by atoms with E-state index < -0.39 is 42.2 Å². The van der Waals surface area contributed by atoms with Gasteiger partial charge in [0.2, 0.25) is 11.8 Å². The van der Waals surface area contributed by atoms with Crippen molar-refractivity contribution >= 4 is 35.3 Å². The largest absolute Gasteiger partial charge is 0.335 e. The van der Waals surface area contributed by atoms with Crippen LogP contribution in [0.1, 0.15) is 26.3 Å². The highest BCUT2D eigenvalue weighted by Gasteiger charge is 2.46. The lowest BCUT2D eigenvalue weighted by Gasteiger charge is -2.21. The van der Waals surface area contributed by atoms with Gasteiger partial charge in [0.05, 0.1) is 6.54 Å². The summed E-state index contributed by atoms with van der Waals surface area (Å²) < 4.78 is 0. The number of rotatable bonds is 7. The Kier molecular flexibility index (Phi) is 6.50. The van der Waals surface area contributed by atoms with E-state index in [-0.39, 0.29) is 6.54 Å². The highest BCUT2D eigenvalue weighted by molar-refractivity contribution is 6.45. The molecule has 0 atom stereocenters. The van der Waals surface area contributed by atoms with Gasteiger partial charge in [-0.25, -0.2) is 9.69 Å². The fourth-order valence-electron chi connectivity index (χ4n) is 2.82. The fraction of sp³-hybridized carbons (Fsp3) is 0.421. The van der Waals surface area contributed by atoms with Gasteiger partial charge in [0, 0.05) is 18.8 Å². The van der Waals surface area contributed by atoms with E-state index in [9.17, 15) is 24.0 Å². The van der Waals surface area contributed by atoms with E-state index in [0.29, 0.717) is 10.6 Å². The van der Waals surface area contributed by atoms with E-state index in [1.807, 2.05) is 19.1 Å². The molecule has 1 N–H and O–H groups in total. The summed E-state index contributed by atoms with van der Waals surface area (Å²) in [5.41, 5.74) is 1.63. The van der Waals surface area contributed by atoms with Crippen LogP contribution in [0.15, 0.2) is 24.3 Å². The minimum atomic E-state index is -1.04. The molecule has 0 aliphatic carbocycles. The predicted octanol–water partition coefficient (Wildman–Crippen LogP) is 0.845. The number of anilines is 1. The molecule has 28 heavy (non-hydrogen) atoms. The molecule has 1 saturated heterocycles. The third-order valence-corrected chi connectivity index (χ3v) is 4.37. The summed E-state index contributed by atoms with van der Waals surface area (Å²) in [4.78, 5) is 63.2. The molecule has 0 aromatic heterocycles. The number of nitrogens with zero attached hydrogens (tertiary/aromatic N) is 3. The van der Waals surface area contributed by atoms with Crippen LogP contribution in [0, 0.1) is 0 Å². The summed E-state index contributed by atoms with van der Waals surface area (Å²) in [6, 6.07) is 6.01. The van der Waals surface area contributed by atoms with Gasteiger partial charge in [-0.05, 0) is 31.9 Å². The van der Waals surface area contributed by atoms with Crippen molar-refractivity contribution < 1.29 is 24.0 Å². The van der Waals surface area contributed by atoms with E-state index in [2.05, 4.69) is 5.32 Å². The zero-order valence-corrected chi connectivity index (χ0v) is 16.4. The number of carbonyl (C=O) groups is 5. The number of amides is 6. The first-order valence-corrected chi connectivity index (χ1v) is 8.98. The van der Waals surface area contributed by atoms with Crippen LogP contribution in [0.2, 0.25) is 0 Å². The summed E-state index contributed by atoms with van der Waals surface area (Å²) in [6.45, 7) is 4.31. The van der Waals surface area contributed by atoms with Gasteiger partial charge in [-0.15, -0.1) is 0 Å². The van der Waals surface area contributed by atoms with Gasteiger partial charge in [-0.1, -0.05) is 25.1 Å². The van der Waals surface area contributed by atoms with E-state index in [1.54, 1.807) is 26.0 Å². The van der Waals surface area contributed by atoms with E-state index in [4.69, 9.17) is 0 Å². The fourth-order valence-corrected chi connectivity index (χ4v) is 2.82. The molecule has 1 fully saturated rings. The Morgan fingerprint density at radius 2 is 1.75 bits per heavy atom. The molecule has 6 amide bonds. The second kappa shape index (κ2) is 8.64. The van der Waals surface area contributed by atoms with Crippen LogP contribution < -0.4 is 5.32 Å². The number of likely N-dealkylation sites (N-methyl/N-ethyl adjacent to an activating group) is 1. The van der Waals surface area contributed by atoms with Crippen LogP contribution >= 0.6 is 0 Å². The van der Waals surface area contributed by atoms with Crippen molar-refractivity contribution in [3.05, 3.63) is 29.8 Å². The normalized spacial score (nSPS) is 14.1. The predicted molar refractivity (Wildman–Crippen MR) is 101 cm³/mol. The number of urea groups is 1. The molecule has 9 nitrogen and oxygen atoms in total. The Labute approximate surface area is 163 Å². The summed E-state index contributed by atoms with van der Waals surface area (Å²) in [5.74, 6) is -3.03. The highest BCUT2D eigenvalue weighted by atomic mass is 16.2. The Morgan fingerprint density at radius 3 is 2.32 bits per heavy atom. The lowest BCUT2D eigenvalue weighted by molar-refractivity contribution is -0.145. The number of nitrogens with one attached hydrogen (secondary N) is 1. The Morgan fingerprint density at radius 1 is 1.11 bits per heavy atom. The van der Waals surface area contributed by atoms with Gasteiger partial charge in [-0.3, -0.25) is 24.1 Å². The smallest absolute Gasteiger partial charge is 0.334 e. The van der Waals surface area contributed by atoms with Crippen molar-refractivity contribution in [2.24, 2.45) is 0 Å². The van der Waals surface area contributed by atoms with Gasteiger partial charge in [0.1, 0.15) is 6.54 Å². The summed E-state index contributed by atoms with van der Waals surface area (Å²) in [6.07, 6.45) is 0.741. The molecular weight excluding hydrogens is 364 g/mol. The summed E-state index contributed by atoms with van der Waals surface area (Å²) in [5, 5.41) is 2.74. The molecule has 1 heterocycles. The molecule has 2 rings (SSSR count). The van der Waals surface area contributed by atoms with Gasteiger partial charge in [0.25, 0.3) is 0 Å². The van der Waals surface area contributed by atoms with Crippen molar-refractivity contribution in [2.45, 2.75) is 33.2 Å². The Balaban J connectivity index is 1.97. The van der Waals surface area contributed by atoms with Gasteiger partial charge >= 0.3 is 17.8 Å². The second-order valence-corrected chi connectivity index (χ2v) is 6.75. The molecular formula is C19H24N4O5. The van der Waals surface area contributed by atoms with Gasteiger partial charge < -0.3 is 10.2 Å². The number of carbonyl (C=O) groups excluding carboxylic acids is 5. The molecule has 1 aromatic carbocycles. The maximum atomic E-state index is 12.4. The van der Waals surface area contributed by atoms with E-state index in [0.717, 1.165) is 21.8 Å². The molecule has 1 aliphatic rings. The first-order chi connectivity index (χ1) is 13.2. The zero-order valence-electron chi connectivity index (χ0n) is 16.4. The monoisotopic (exact) mass is 388 g/mol. The van der Waals surface area contributed by atoms with Gasteiger partial charge in [-0.2, -0.15) is 0 Å². The third kappa shape index (κ3) is 4.36. The average Bonchev–Trinajstić information content (AvgIpc) is 2.85. The van der Waals surface area contributed by atoms with E-state index >= 15 is 0 Å². The minimum Gasteiger partial charge on any atom is -0.335 e. The molecule has 1 aromatic rings. The van der Waals surface area contributed by atoms with Crippen LogP contribution in [0.4, 0.5) is 10.5 Å². The zero-order chi connectivity index (χ0) is 21.0. The molecule has 0 radical (unpaired) electrons. The average molecular weight is 388 g/mol. The minimum absolute atomic E-state index is 0.255. The number of benzene rings is 1. The van der Waals surface area contributed by atoms with Crippen molar-refractivity contribution in [1.82, 2.24) is 14.7 Å². The third-order valence-electron chi connectivity index (χ3n) is 4.37. The lowest BCUT2D eigenvalue weighted by Crippen LogP contribution is -2.44. The summed E-state index contributed by atoms with van der Waals surface area (Å²) in [7, 11) is 1.39. The first kappa shape index (κ1) is 21.1. The topological polar surface area (TPSA) is 107 Å². The van der Waals surface area contributed by atoms with Crippen molar-refractivity contribution in [3.8, 4) is 0 Å². The molecule has 0 saturated carbocycles. The summed E-state index contributed by atoms with van der Waals surface area (Å²) >= 11 is 0. The van der Waals surface area contributed by atoms with Gasteiger partial charge in [0.15, 0.2) is 0 Å². The molecule has 0 bridgehead atoms. The molecule has 9 heteroatoms. The second-order valence-electron chi connectivity index (χ2n) is 6.75. The van der Waals surface area contributed by atoms with Crippen molar-refractivity contribution in [1.29, 1.82) is 0 Å². The molecule has 0 unspecified atom stereocenters. The Bertz CT molecular complexity index is 820.